The van der Waals surface area contributed by atoms with Gasteiger partial charge in [0.05, 0.1) is 5.92 Å². The first-order valence-electron chi connectivity index (χ1n) is 6.03. The number of rotatable bonds is 6. The Morgan fingerprint density at radius 1 is 1.44 bits per heavy atom. The van der Waals surface area contributed by atoms with E-state index in [2.05, 4.69) is 10.6 Å². The van der Waals surface area contributed by atoms with Crippen molar-refractivity contribution < 1.29 is 19.5 Å². The average molecular weight is 257 g/mol. The molecule has 2 amide bonds. The number of carbonyl (C=O) groups is 3. The molecule has 7 heteroatoms. The molecular formula is C11H19N3O4. The van der Waals surface area contributed by atoms with Gasteiger partial charge in [-0.05, 0) is 25.8 Å². The first kappa shape index (κ1) is 14.4. The maximum Gasteiger partial charge on any atom is 0.326 e. The molecule has 0 radical (unpaired) electrons. The van der Waals surface area contributed by atoms with Gasteiger partial charge in [-0.3, -0.25) is 9.59 Å². The Morgan fingerprint density at radius 3 is 2.67 bits per heavy atom. The van der Waals surface area contributed by atoms with Crippen LogP contribution in [0.4, 0.5) is 0 Å². The van der Waals surface area contributed by atoms with Crippen molar-refractivity contribution in [3.63, 3.8) is 0 Å². The fraction of sp³-hybridized carbons (Fsp3) is 0.727. The normalized spacial score (nSPS) is 21.0. The molecule has 1 saturated heterocycles. The molecule has 0 aromatic heterocycles. The van der Waals surface area contributed by atoms with Gasteiger partial charge in [0.25, 0.3) is 0 Å². The van der Waals surface area contributed by atoms with E-state index in [0.717, 1.165) is 19.4 Å². The molecule has 1 heterocycles. The quantitative estimate of drug-likeness (QED) is 0.477. The van der Waals surface area contributed by atoms with Crippen LogP contribution < -0.4 is 16.4 Å². The van der Waals surface area contributed by atoms with Crippen molar-refractivity contribution in [2.24, 2.45) is 11.7 Å². The SMILES string of the molecule is NC(=O)CC[C@H](NC(=O)[C@H]1CCCNC1)C(=O)O. The van der Waals surface area contributed by atoms with Crippen molar-refractivity contribution in [2.75, 3.05) is 13.1 Å². The summed E-state index contributed by atoms with van der Waals surface area (Å²) in [7, 11) is 0. The van der Waals surface area contributed by atoms with Crippen LogP contribution in [-0.2, 0) is 14.4 Å². The Kier molecular flexibility index (Phi) is 5.57. The molecule has 1 rings (SSSR count). The second kappa shape index (κ2) is 6.95. The second-order valence-electron chi connectivity index (χ2n) is 4.45. The van der Waals surface area contributed by atoms with Gasteiger partial charge in [-0.15, -0.1) is 0 Å². The highest BCUT2D eigenvalue weighted by atomic mass is 16.4. The van der Waals surface area contributed by atoms with E-state index in [4.69, 9.17) is 10.8 Å². The number of piperidine rings is 1. The Morgan fingerprint density at radius 2 is 2.17 bits per heavy atom. The van der Waals surface area contributed by atoms with E-state index in [1.807, 2.05) is 0 Å². The van der Waals surface area contributed by atoms with Crippen molar-refractivity contribution in [2.45, 2.75) is 31.7 Å². The molecule has 2 atom stereocenters. The topological polar surface area (TPSA) is 122 Å². The lowest BCUT2D eigenvalue weighted by Crippen LogP contribution is -2.47. The predicted octanol–water partition coefficient (Wildman–Crippen LogP) is -1.18. The summed E-state index contributed by atoms with van der Waals surface area (Å²) in [6.45, 7) is 1.45. The lowest BCUT2D eigenvalue weighted by molar-refractivity contribution is -0.142. The number of carbonyl (C=O) groups excluding carboxylic acids is 2. The number of hydrogen-bond donors (Lipinski definition) is 4. The van der Waals surface area contributed by atoms with Gasteiger partial charge in [0.2, 0.25) is 11.8 Å². The van der Waals surface area contributed by atoms with Gasteiger partial charge >= 0.3 is 5.97 Å². The van der Waals surface area contributed by atoms with E-state index in [1.54, 1.807) is 0 Å². The molecule has 5 N–H and O–H groups in total. The highest BCUT2D eigenvalue weighted by Gasteiger charge is 2.26. The van der Waals surface area contributed by atoms with Crippen LogP contribution in [0.15, 0.2) is 0 Å². The van der Waals surface area contributed by atoms with Crippen molar-refractivity contribution in [1.29, 1.82) is 0 Å². The fourth-order valence-corrected chi connectivity index (χ4v) is 1.91. The first-order chi connectivity index (χ1) is 8.50. The molecule has 1 aliphatic rings. The van der Waals surface area contributed by atoms with Crippen molar-refractivity contribution in [3.8, 4) is 0 Å². The minimum atomic E-state index is -1.15. The molecule has 102 valence electrons. The van der Waals surface area contributed by atoms with E-state index in [0.29, 0.717) is 6.54 Å². The first-order valence-corrected chi connectivity index (χ1v) is 6.03. The third kappa shape index (κ3) is 4.70. The van der Waals surface area contributed by atoms with Crippen LogP contribution in [0.5, 0.6) is 0 Å². The van der Waals surface area contributed by atoms with Crippen LogP contribution in [0, 0.1) is 5.92 Å². The Hall–Kier alpha value is -1.63. The molecule has 0 unspecified atom stereocenters. The van der Waals surface area contributed by atoms with Crippen LogP contribution in [0.2, 0.25) is 0 Å². The minimum absolute atomic E-state index is 0.0244. The molecule has 0 aromatic carbocycles. The highest BCUT2D eigenvalue weighted by Crippen LogP contribution is 2.10. The van der Waals surface area contributed by atoms with E-state index in [9.17, 15) is 14.4 Å². The van der Waals surface area contributed by atoms with E-state index in [1.165, 1.54) is 0 Å². The number of nitrogens with two attached hydrogens (primary N) is 1. The summed E-state index contributed by atoms with van der Waals surface area (Å²) < 4.78 is 0. The van der Waals surface area contributed by atoms with E-state index in [-0.39, 0.29) is 24.7 Å². The Bertz CT molecular complexity index is 326. The van der Waals surface area contributed by atoms with Gasteiger partial charge in [0.15, 0.2) is 0 Å². The molecule has 0 bridgehead atoms. The van der Waals surface area contributed by atoms with Crippen molar-refractivity contribution in [1.82, 2.24) is 10.6 Å². The molecule has 1 aliphatic heterocycles. The second-order valence-corrected chi connectivity index (χ2v) is 4.45. The summed E-state index contributed by atoms with van der Waals surface area (Å²) in [6, 6.07) is -1.05. The Balaban J connectivity index is 2.46. The van der Waals surface area contributed by atoms with Crippen molar-refractivity contribution >= 4 is 17.8 Å². The average Bonchev–Trinajstić information content (AvgIpc) is 2.34. The molecule has 0 saturated carbocycles. The van der Waals surface area contributed by atoms with Crippen LogP contribution >= 0.6 is 0 Å². The largest absolute Gasteiger partial charge is 0.480 e. The van der Waals surface area contributed by atoms with Gasteiger partial charge < -0.3 is 21.5 Å². The maximum atomic E-state index is 11.8. The van der Waals surface area contributed by atoms with Gasteiger partial charge in [0.1, 0.15) is 6.04 Å². The number of carboxylic acids is 1. The van der Waals surface area contributed by atoms with E-state index >= 15 is 0 Å². The lowest BCUT2D eigenvalue weighted by atomic mass is 9.98. The van der Waals surface area contributed by atoms with Crippen molar-refractivity contribution in [3.05, 3.63) is 0 Å². The minimum Gasteiger partial charge on any atom is -0.480 e. The standard InChI is InChI=1S/C11H19N3O4/c12-9(15)4-3-8(11(17)18)14-10(16)7-2-1-5-13-6-7/h7-8,13H,1-6H2,(H2,12,15)(H,14,16)(H,17,18)/t7-,8-/m0/s1. The molecule has 1 fully saturated rings. The molecule has 0 aliphatic carbocycles. The summed E-state index contributed by atoms with van der Waals surface area (Å²) >= 11 is 0. The zero-order valence-corrected chi connectivity index (χ0v) is 10.1. The molecule has 0 spiro atoms. The van der Waals surface area contributed by atoms with Crippen LogP contribution in [0.25, 0.3) is 0 Å². The van der Waals surface area contributed by atoms with Crippen LogP contribution in [0.3, 0.4) is 0 Å². The number of hydrogen-bond acceptors (Lipinski definition) is 4. The number of carboxylic acid groups (broad SMARTS) is 1. The number of nitrogens with one attached hydrogen (secondary N) is 2. The highest BCUT2D eigenvalue weighted by molar-refractivity contribution is 5.85. The summed E-state index contributed by atoms with van der Waals surface area (Å²) in [5.41, 5.74) is 4.96. The third-order valence-electron chi connectivity index (χ3n) is 2.96. The zero-order valence-electron chi connectivity index (χ0n) is 10.1. The number of primary amides is 1. The number of aliphatic carboxylic acids is 1. The molecule has 18 heavy (non-hydrogen) atoms. The Labute approximate surface area is 105 Å². The fourth-order valence-electron chi connectivity index (χ4n) is 1.91. The smallest absolute Gasteiger partial charge is 0.326 e. The van der Waals surface area contributed by atoms with Gasteiger partial charge in [-0.2, -0.15) is 0 Å². The monoisotopic (exact) mass is 257 g/mol. The molecule has 0 aromatic rings. The molecular weight excluding hydrogens is 238 g/mol. The van der Waals surface area contributed by atoms with Crippen LogP contribution in [0.1, 0.15) is 25.7 Å². The summed E-state index contributed by atoms with van der Waals surface area (Å²) in [4.78, 5) is 33.4. The van der Waals surface area contributed by atoms with Gasteiger partial charge in [-0.1, -0.05) is 0 Å². The van der Waals surface area contributed by atoms with Crippen LogP contribution in [-0.4, -0.2) is 42.0 Å². The van der Waals surface area contributed by atoms with E-state index < -0.39 is 17.9 Å². The maximum absolute atomic E-state index is 11.8. The summed E-state index contributed by atoms with van der Waals surface area (Å²) in [5.74, 6) is -2.20. The molecule has 7 nitrogen and oxygen atoms in total. The zero-order chi connectivity index (χ0) is 13.5. The lowest BCUT2D eigenvalue weighted by Gasteiger charge is -2.23. The number of amides is 2. The van der Waals surface area contributed by atoms with Gasteiger partial charge in [0, 0.05) is 13.0 Å². The van der Waals surface area contributed by atoms with Gasteiger partial charge in [-0.25, -0.2) is 4.79 Å². The predicted molar refractivity (Wildman–Crippen MR) is 63.6 cm³/mol. The summed E-state index contributed by atoms with van der Waals surface area (Å²) in [5, 5.41) is 14.5. The summed E-state index contributed by atoms with van der Waals surface area (Å²) in [6.07, 6.45) is 1.62. The third-order valence-corrected chi connectivity index (χ3v) is 2.96.